The number of ether oxygens (including phenoxy) is 4. The van der Waals surface area contributed by atoms with Crippen molar-refractivity contribution in [1.82, 2.24) is 36.0 Å². The molecule has 0 amide bonds. The van der Waals surface area contributed by atoms with Crippen molar-refractivity contribution in [2.24, 2.45) is 28.7 Å². The Kier molecular flexibility index (Phi) is 38.3. The molecule has 0 unspecified atom stereocenters. The van der Waals surface area contributed by atoms with Gasteiger partial charge in [0.2, 0.25) is 0 Å². The molecule has 7 rings (SSSR count). The van der Waals surface area contributed by atoms with Crippen LogP contribution in [0.2, 0.25) is 0 Å². The van der Waals surface area contributed by atoms with Gasteiger partial charge in [-0.3, -0.25) is 0 Å². The van der Waals surface area contributed by atoms with E-state index in [2.05, 4.69) is 94.2 Å². The molecule has 91 heavy (non-hydrogen) atoms. The number of anilines is 2. The maximum absolute atomic E-state index is 12.7. The molecule has 1 aromatic heterocycles. The molecule has 0 aliphatic carbocycles. The van der Waals surface area contributed by atoms with Crippen LogP contribution in [0.3, 0.4) is 0 Å². The summed E-state index contributed by atoms with van der Waals surface area (Å²) in [6.45, 7) is 2.68. The summed E-state index contributed by atoms with van der Waals surface area (Å²) in [4.78, 5) is 4.69. The van der Waals surface area contributed by atoms with Crippen molar-refractivity contribution in [3.05, 3.63) is 192 Å². The fourth-order valence-corrected chi connectivity index (χ4v) is 7.41. The van der Waals surface area contributed by atoms with E-state index in [-0.39, 0.29) is 37.1 Å². The van der Waals surface area contributed by atoms with E-state index in [0.29, 0.717) is 63.2 Å². The van der Waals surface area contributed by atoms with Crippen molar-refractivity contribution in [2.45, 2.75) is 45.6 Å². The Balaban J connectivity index is 0.000000372. The first kappa shape index (κ1) is 78.3. The number of nitrogens with two attached hydrogens (primary N) is 5. The molecule has 32 heteroatoms. The lowest BCUT2D eigenvalue weighted by Crippen LogP contribution is -2.30. The summed E-state index contributed by atoms with van der Waals surface area (Å²) in [5.41, 5.74) is 33.4. The van der Waals surface area contributed by atoms with Crippen LogP contribution in [-0.2, 0) is 30.4 Å². The summed E-state index contributed by atoms with van der Waals surface area (Å²) in [7, 11) is 1.63. The fourth-order valence-electron chi connectivity index (χ4n) is 6.77. The van der Waals surface area contributed by atoms with Crippen molar-refractivity contribution in [3.63, 3.8) is 0 Å². The number of rotatable bonds is 22. The molecule has 6 aromatic carbocycles. The molecule has 488 valence electrons. The van der Waals surface area contributed by atoms with E-state index in [1.165, 1.54) is 42.2 Å². The monoisotopic (exact) mass is 1380 g/mol. The first-order valence-corrected chi connectivity index (χ1v) is 29.1. The Hall–Kier alpha value is -8.84. The number of nitriles is 1. The van der Waals surface area contributed by atoms with Crippen LogP contribution in [-0.4, -0.2) is 105 Å². The first-order chi connectivity index (χ1) is 43.2. The molecule has 0 fully saturated rings. The highest BCUT2D eigenvalue weighted by Crippen LogP contribution is 2.23. The molecule has 0 saturated heterocycles. The molecular formula is C59H68F7N15O4S6. The third kappa shape index (κ3) is 39.7. The third-order valence-corrected chi connectivity index (χ3v) is 11.5. The van der Waals surface area contributed by atoms with Crippen molar-refractivity contribution >= 4 is 115 Å². The van der Waals surface area contributed by atoms with Crippen molar-refractivity contribution in [2.75, 3.05) is 57.1 Å². The molecule has 1 heterocycles. The lowest BCUT2D eigenvalue weighted by Gasteiger charge is -2.09. The van der Waals surface area contributed by atoms with Gasteiger partial charge in [0.1, 0.15) is 36.5 Å². The topological polar surface area (TPSA) is 294 Å². The van der Waals surface area contributed by atoms with E-state index in [9.17, 15) is 30.7 Å². The molecule has 0 saturated carbocycles. The van der Waals surface area contributed by atoms with E-state index in [1.807, 2.05) is 79.7 Å². The maximum atomic E-state index is 12.7. The smallest absolute Gasteiger partial charge is 0.491 e. The second kappa shape index (κ2) is 44.6. The van der Waals surface area contributed by atoms with Crippen LogP contribution in [0.4, 0.5) is 42.1 Å². The van der Waals surface area contributed by atoms with Gasteiger partial charge in [-0.1, -0.05) is 66.8 Å². The lowest BCUT2D eigenvalue weighted by atomic mass is 10.1. The highest BCUT2D eigenvalue weighted by molar-refractivity contribution is 7.81. The predicted octanol–water partition coefficient (Wildman–Crippen LogP) is 9.29. The molecule has 0 atom stereocenters. The zero-order chi connectivity index (χ0) is 67.6. The standard InChI is InChI=1S/C11H12N2S.C10H11F3N2OS.C10H12F2N2OS.C10H14N2O2S.C9H10F2N2S.C9H9N5S/c1-9(14)13-7-6-10-2-4-11(8-12)5-3-10;11-10(12,13)16-8-3-1-7(2-4-8)5-6-15-9(14)17;11-9(12)15-8-3-1-7(2-4-8)5-6-14-10(13)16;1-13-5-6-14-9-4-2-3-8(7-9)12-10(11)15;10-7-2-1-6(5-8(7)11)3-4-13-9(12)14;10-9(15)13-7-2-1-3-8(4-7)14-6-11-5-12-14/h2-5H,6-7H2,1H3,(H,13,14);1-4H,5-6H2,(H3,14,15,17);1-4,9H,5-6H2,(H3,13,14,16);2-4,7H,5-6H2,1H3,(H3,11,12,15);1-2,5H,3-4H2,(H3,12,13,14);1-6H,(H3,10,13,15). The summed E-state index contributed by atoms with van der Waals surface area (Å²) in [6.07, 6.45) is 1.26. The number of benzene rings is 6. The van der Waals surface area contributed by atoms with Crippen LogP contribution in [0.5, 0.6) is 17.2 Å². The minimum Gasteiger partial charge on any atom is -0.491 e. The Bertz CT molecular complexity index is 3360. The quantitative estimate of drug-likeness (QED) is 0.0171. The molecule has 0 bridgehead atoms. The van der Waals surface area contributed by atoms with Crippen LogP contribution in [0.25, 0.3) is 5.69 Å². The van der Waals surface area contributed by atoms with Gasteiger partial charge in [0.05, 0.1) is 28.9 Å². The Labute approximate surface area is 554 Å². The summed E-state index contributed by atoms with van der Waals surface area (Å²) < 4.78 is 104. The predicted molar refractivity (Wildman–Crippen MR) is 365 cm³/mol. The van der Waals surface area contributed by atoms with Crippen LogP contribution in [0, 0.1) is 23.0 Å². The minimum absolute atomic E-state index is 0.154. The first-order valence-electron chi connectivity index (χ1n) is 26.7. The largest absolute Gasteiger partial charge is 0.573 e. The number of nitrogens with one attached hydrogen (secondary N) is 6. The Morgan fingerprint density at radius 2 is 1.04 bits per heavy atom. The van der Waals surface area contributed by atoms with Crippen molar-refractivity contribution < 1.29 is 49.7 Å². The summed E-state index contributed by atoms with van der Waals surface area (Å²) in [6, 6.07) is 40.6. The SMILES string of the molecule is CC(=S)NCCc1ccc(C#N)cc1.COCCOc1cccc(NC(N)=S)c1.NC(=S)NCCc1ccc(F)c(F)c1.NC(=S)NCCc1ccc(OC(F)(F)F)cc1.NC(=S)NCCc1ccc(OC(F)F)cc1.NC(=S)Nc1cccc(-n2cncn2)c1. The van der Waals surface area contributed by atoms with Crippen LogP contribution < -0.4 is 74.8 Å². The molecule has 19 nitrogen and oxygen atoms in total. The average molecular weight is 1380 g/mol. The van der Waals surface area contributed by atoms with E-state index in [0.717, 1.165) is 64.0 Å². The van der Waals surface area contributed by atoms with E-state index in [4.69, 9.17) is 80.1 Å². The molecular weight excluding hydrogens is 1310 g/mol. The number of hydrogen-bond donors (Lipinski definition) is 11. The molecule has 0 radical (unpaired) electrons. The third-order valence-electron chi connectivity index (χ3n) is 10.8. The van der Waals surface area contributed by atoms with Gasteiger partial charge in [-0.15, -0.1) is 13.2 Å². The van der Waals surface area contributed by atoms with Gasteiger partial charge >= 0.3 is 13.0 Å². The van der Waals surface area contributed by atoms with E-state index >= 15 is 0 Å². The fraction of sp³-hybridized carbons (Fsp3) is 0.237. The Morgan fingerprint density at radius 1 is 0.571 bits per heavy atom. The summed E-state index contributed by atoms with van der Waals surface area (Å²) in [5, 5.41) is 30.8. The molecule has 0 aliphatic rings. The molecule has 7 aromatic rings. The zero-order valence-electron chi connectivity index (χ0n) is 49.0. The van der Waals surface area contributed by atoms with Crippen molar-refractivity contribution in [1.29, 1.82) is 5.26 Å². The number of thiocarbonyl (C=S) groups is 6. The zero-order valence-corrected chi connectivity index (χ0v) is 53.9. The van der Waals surface area contributed by atoms with Crippen LogP contribution >= 0.6 is 73.3 Å². The van der Waals surface area contributed by atoms with Gasteiger partial charge in [0.25, 0.3) is 0 Å². The number of halogens is 7. The number of methoxy groups -OCH3 is 1. The van der Waals surface area contributed by atoms with Gasteiger partial charge in [0, 0.05) is 50.7 Å². The van der Waals surface area contributed by atoms with Gasteiger partial charge < -0.3 is 79.5 Å². The van der Waals surface area contributed by atoms with E-state index < -0.39 is 24.6 Å². The molecule has 0 aliphatic heterocycles. The average Bonchev–Trinajstić information content (AvgIpc) is 3.80. The highest BCUT2D eigenvalue weighted by Gasteiger charge is 2.31. The van der Waals surface area contributed by atoms with Crippen LogP contribution in [0.15, 0.2) is 152 Å². The van der Waals surface area contributed by atoms with Gasteiger partial charge in [-0.2, -0.15) is 19.1 Å². The number of hydrogen-bond acceptors (Lipinski definition) is 13. The van der Waals surface area contributed by atoms with Crippen LogP contribution in [0.1, 0.15) is 34.7 Å². The number of nitrogens with zero attached hydrogens (tertiary/aromatic N) is 4. The second-order valence-corrected chi connectivity index (χ2v) is 20.7. The summed E-state index contributed by atoms with van der Waals surface area (Å²) in [5.74, 6) is -0.994. The van der Waals surface area contributed by atoms with Gasteiger partial charge in [0.15, 0.2) is 37.2 Å². The van der Waals surface area contributed by atoms with Crippen molar-refractivity contribution in [3.8, 4) is 29.0 Å². The van der Waals surface area contributed by atoms with E-state index in [1.54, 1.807) is 42.4 Å². The number of aromatic nitrogens is 3. The lowest BCUT2D eigenvalue weighted by molar-refractivity contribution is -0.274. The number of alkyl halides is 5. The second-order valence-electron chi connectivity index (χ2n) is 17.9. The normalized spacial score (nSPS) is 9.99. The molecule has 16 N–H and O–H groups in total. The Morgan fingerprint density at radius 3 is 1.48 bits per heavy atom. The minimum atomic E-state index is -4.66. The maximum Gasteiger partial charge on any atom is 0.573 e. The summed E-state index contributed by atoms with van der Waals surface area (Å²) >= 11 is 28.2. The highest BCUT2D eigenvalue weighted by atomic mass is 32.1. The molecule has 0 spiro atoms. The van der Waals surface area contributed by atoms with Gasteiger partial charge in [-0.25, -0.2) is 18.4 Å². The van der Waals surface area contributed by atoms with Gasteiger partial charge in [-0.05, 0) is 195 Å².